The van der Waals surface area contributed by atoms with Crippen LogP contribution in [0.25, 0.3) is 0 Å². The maximum absolute atomic E-state index is 13.3. The molecule has 0 aromatic heterocycles. The second-order valence-electron chi connectivity index (χ2n) is 5.95. The molecular formula is C16H20FNO2. The minimum absolute atomic E-state index is 0.00681. The molecule has 2 saturated heterocycles. The second kappa shape index (κ2) is 5.52. The van der Waals surface area contributed by atoms with Crippen LogP contribution in [0.4, 0.5) is 4.39 Å². The van der Waals surface area contributed by atoms with Gasteiger partial charge in [0.25, 0.3) is 0 Å². The van der Waals surface area contributed by atoms with Gasteiger partial charge in [0.2, 0.25) is 0 Å². The normalized spacial score (nSPS) is 28.4. The Morgan fingerprint density at radius 3 is 2.70 bits per heavy atom. The summed E-state index contributed by atoms with van der Waals surface area (Å²) in [6.45, 7) is 0. The van der Waals surface area contributed by atoms with E-state index in [-0.39, 0.29) is 11.6 Å². The van der Waals surface area contributed by atoms with Gasteiger partial charge in [-0.05, 0) is 49.8 Å². The van der Waals surface area contributed by atoms with Crippen molar-refractivity contribution in [1.29, 1.82) is 0 Å². The van der Waals surface area contributed by atoms with E-state index in [4.69, 9.17) is 4.74 Å². The van der Waals surface area contributed by atoms with Crippen molar-refractivity contribution in [2.45, 2.75) is 44.2 Å². The molecule has 20 heavy (non-hydrogen) atoms. The maximum Gasteiger partial charge on any atom is 0.166 e. The summed E-state index contributed by atoms with van der Waals surface area (Å²) >= 11 is 0. The van der Waals surface area contributed by atoms with Gasteiger partial charge in [-0.25, -0.2) is 4.39 Å². The van der Waals surface area contributed by atoms with E-state index in [0.29, 0.717) is 35.7 Å². The number of hydrogen-bond acceptors (Lipinski definition) is 3. The first kappa shape index (κ1) is 13.6. The highest BCUT2D eigenvalue weighted by Gasteiger charge is 2.34. The first-order valence-electron chi connectivity index (χ1n) is 7.28. The van der Waals surface area contributed by atoms with Crippen molar-refractivity contribution in [2.24, 2.45) is 5.92 Å². The van der Waals surface area contributed by atoms with Crippen LogP contribution in [-0.2, 0) is 0 Å². The van der Waals surface area contributed by atoms with Crippen LogP contribution in [-0.4, -0.2) is 25.0 Å². The van der Waals surface area contributed by atoms with Crippen LogP contribution in [0.1, 0.15) is 42.5 Å². The zero-order valence-corrected chi connectivity index (χ0v) is 11.7. The summed E-state index contributed by atoms with van der Waals surface area (Å²) in [4.78, 5) is 12.4. The largest absolute Gasteiger partial charge is 0.496 e. The molecule has 2 atom stereocenters. The Bertz CT molecular complexity index is 505. The molecule has 1 aromatic carbocycles. The number of ketones is 1. The van der Waals surface area contributed by atoms with Crippen molar-refractivity contribution in [3.63, 3.8) is 0 Å². The molecule has 3 nitrogen and oxygen atoms in total. The molecule has 2 heterocycles. The minimum Gasteiger partial charge on any atom is -0.496 e. The summed E-state index contributed by atoms with van der Waals surface area (Å²) in [5.41, 5.74) is 0.373. The number of halogens is 1. The van der Waals surface area contributed by atoms with E-state index in [1.54, 1.807) is 0 Å². The molecule has 2 aliphatic rings. The van der Waals surface area contributed by atoms with E-state index >= 15 is 0 Å². The van der Waals surface area contributed by atoms with Gasteiger partial charge in [0.15, 0.2) is 5.78 Å². The highest BCUT2D eigenvalue weighted by molar-refractivity contribution is 5.98. The molecule has 108 valence electrons. The van der Waals surface area contributed by atoms with Crippen molar-refractivity contribution < 1.29 is 13.9 Å². The van der Waals surface area contributed by atoms with Gasteiger partial charge in [-0.1, -0.05) is 0 Å². The first-order chi connectivity index (χ1) is 9.65. The third-order valence-electron chi connectivity index (χ3n) is 4.51. The van der Waals surface area contributed by atoms with Crippen molar-refractivity contribution in [1.82, 2.24) is 5.32 Å². The summed E-state index contributed by atoms with van der Waals surface area (Å²) in [5, 5.41) is 3.57. The smallest absolute Gasteiger partial charge is 0.166 e. The Kier molecular flexibility index (Phi) is 3.74. The highest BCUT2D eigenvalue weighted by atomic mass is 19.1. The van der Waals surface area contributed by atoms with Gasteiger partial charge >= 0.3 is 0 Å². The highest BCUT2D eigenvalue weighted by Crippen LogP contribution is 2.34. The van der Waals surface area contributed by atoms with Gasteiger partial charge in [0.1, 0.15) is 11.6 Å². The molecule has 0 saturated carbocycles. The number of rotatable bonds is 4. The Hall–Kier alpha value is -1.42. The van der Waals surface area contributed by atoms with Crippen LogP contribution in [0.3, 0.4) is 0 Å². The van der Waals surface area contributed by atoms with Crippen molar-refractivity contribution >= 4 is 5.78 Å². The Morgan fingerprint density at radius 2 is 2.05 bits per heavy atom. The van der Waals surface area contributed by atoms with Crippen LogP contribution in [0, 0.1) is 11.7 Å². The second-order valence-corrected chi connectivity index (χ2v) is 5.95. The molecular weight excluding hydrogens is 257 g/mol. The Morgan fingerprint density at radius 1 is 1.35 bits per heavy atom. The topological polar surface area (TPSA) is 38.3 Å². The predicted molar refractivity (Wildman–Crippen MR) is 74.6 cm³/mol. The van der Waals surface area contributed by atoms with Crippen molar-refractivity contribution in [3.8, 4) is 5.75 Å². The molecule has 1 N–H and O–H groups in total. The average molecular weight is 277 g/mol. The molecule has 2 bridgehead atoms. The van der Waals surface area contributed by atoms with Gasteiger partial charge in [0.05, 0.1) is 12.7 Å². The first-order valence-corrected chi connectivity index (χ1v) is 7.28. The van der Waals surface area contributed by atoms with Gasteiger partial charge in [0, 0.05) is 18.5 Å². The monoisotopic (exact) mass is 277 g/mol. The maximum atomic E-state index is 13.3. The van der Waals surface area contributed by atoms with Crippen LogP contribution in [0.15, 0.2) is 18.2 Å². The molecule has 2 unspecified atom stereocenters. The molecule has 0 aliphatic carbocycles. The fraction of sp³-hybridized carbons (Fsp3) is 0.562. The zero-order chi connectivity index (χ0) is 14.1. The van der Waals surface area contributed by atoms with Gasteiger partial charge < -0.3 is 10.1 Å². The summed E-state index contributed by atoms with van der Waals surface area (Å²) in [6, 6.07) is 5.27. The fourth-order valence-electron chi connectivity index (χ4n) is 3.61. The third kappa shape index (κ3) is 2.70. The summed E-state index contributed by atoms with van der Waals surface area (Å²) in [5.74, 6) is 0.481. The fourth-order valence-corrected chi connectivity index (χ4v) is 3.61. The molecule has 0 amide bonds. The molecule has 3 rings (SSSR count). The van der Waals surface area contributed by atoms with E-state index < -0.39 is 0 Å². The summed E-state index contributed by atoms with van der Waals surface area (Å²) in [6.07, 6.45) is 5.05. The predicted octanol–water partition coefficient (Wildman–Crippen LogP) is 2.94. The van der Waals surface area contributed by atoms with E-state index in [9.17, 15) is 9.18 Å². The SMILES string of the molecule is COc1ccc(F)cc1C(=O)CC1CC2CCC(C1)N2. The molecule has 2 fully saturated rings. The van der Waals surface area contributed by atoms with Crippen LogP contribution < -0.4 is 10.1 Å². The van der Waals surface area contributed by atoms with Gasteiger partial charge in [-0.2, -0.15) is 0 Å². The lowest BCUT2D eigenvalue weighted by Gasteiger charge is -2.28. The number of piperidine rings is 1. The van der Waals surface area contributed by atoms with Crippen molar-refractivity contribution in [2.75, 3.05) is 7.11 Å². The quantitative estimate of drug-likeness (QED) is 0.860. The van der Waals surface area contributed by atoms with Crippen LogP contribution in [0.2, 0.25) is 0 Å². The number of nitrogens with one attached hydrogen (secondary N) is 1. The minimum atomic E-state index is -0.389. The van der Waals surface area contributed by atoms with Crippen LogP contribution in [0.5, 0.6) is 5.75 Å². The number of Topliss-reactive ketones (excluding diaryl/α,β-unsaturated/α-hetero) is 1. The molecule has 1 aromatic rings. The number of benzene rings is 1. The van der Waals surface area contributed by atoms with E-state index in [1.807, 2.05) is 0 Å². The number of carbonyl (C=O) groups excluding carboxylic acids is 1. The van der Waals surface area contributed by atoms with E-state index in [1.165, 1.54) is 38.2 Å². The van der Waals surface area contributed by atoms with Gasteiger partial charge in [-0.15, -0.1) is 0 Å². The third-order valence-corrected chi connectivity index (χ3v) is 4.51. The zero-order valence-electron chi connectivity index (χ0n) is 11.7. The number of carbonyl (C=O) groups is 1. The molecule has 0 spiro atoms. The van der Waals surface area contributed by atoms with Crippen molar-refractivity contribution in [3.05, 3.63) is 29.6 Å². The standard InChI is InChI=1S/C16H20FNO2/c1-20-16-5-2-11(17)9-14(16)15(19)8-10-6-12-3-4-13(7-10)18-12/h2,5,9-10,12-13,18H,3-4,6-8H2,1H3. The number of ether oxygens (including phenoxy) is 1. The number of hydrogen-bond donors (Lipinski definition) is 1. The molecule has 2 aliphatic heterocycles. The Labute approximate surface area is 118 Å². The lowest BCUT2D eigenvalue weighted by atomic mass is 9.86. The molecule has 0 radical (unpaired) electrons. The molecule has 4 heteroatoms. The van der Waals surface area contributed by atoms with E-state index in [0.717, 1.165) is 12.8 Å². The number of methoxy groups -OCH3 is 1. The Balaban J connectivity index is 1.71. The number of fused-ring (bicyclic) bond motifs is 2. The summed E-state index contributed by atoms with van der Waals surface area (Å²) in [7, 11) is 1.51. The van der Waals surface area contributed by atoms with Gasteiger partial charge in [-0.3, -0.25) is 4.79 Å². The summed E-state index contributed by atoms with van der Waals surface area (Å²) < 4.78 is 18.5. The lowest BCUT2D eigenvalue weighted by Crippen LogP contribution is -2.38. The van der Waals surface area contributed by atoms with Crippen LogP contribution >= 0.6 is 0 Å². The van der Waals surface area contributed by atoms with E-state index in [2.05, 4.69) is 5.32 Å². The lowest BCUT2D eigenvalue weighted by molar-refractivity contribution is 0.0942. The average Bonchev–Trinajstić information content (AvgIpc) is 2.78.